The monoisotopic (exact) mass is 383 g/mol. The van der Waals surface area contributed by atoms with Crippen molar-refractivity contribution < 1.29 is 9.53 Å². The van der Waals surface area contributed by atoms with Gasteiger partial charge >= 0.3 is 0 Å². The average Bonchev–Trinajstić information content (AvgIpc) is 2.74. The van der Waals surface area contributed by atoms with Gasteiger partial charge in [0, 0.05) is 45.3 Å². The molecule has 1 aliphatic rings. The standard InChI is InChI=1S/C21H29N5O2/c1-5-24(6-2)21(27)17-15-20(23-16(3)22-17)26-13-11-25(12-14-26)18-9-7-8-10-19(18)28-4/h7-10,15H,5-6,11-14H2,1-4H3. The number of amides is 1. The molecule has 0 atom stereocenters. The number of para-hydroxylation sites is 2. The molecule has 1 aromatic heterocycles. The highest BCUT2D eigenvalue weighted by Crippen LogP contribution is 2.29. The number of benzene rings is 1. The minimum absolute atomic E-state index is 0.0376. The van der Waals surface area contributed by atoms with Gasteiger partial charge in [-0.3, -0.25) is 4.79 Å². The summed E-state index contributed by atoms with van der Waals surface area (Å²) in [6.07, 6.45) is 0. The van der Waals surface area contributed by atoms with E-state index in [9.17, 15) is 4.79 Å². The number of aryl methyl sites for hydroxylation is 1. The van der Waals surface area contributed by atoms with Gasteiger partial charge in [0.05, 0.1) is 12.8 Å². The number of nitrogens with zero attached hydrogens (tertiary/aromatic N) is 5. The highest BCUT2D eigenvalue weighted by Gasteiger charge is 2.23. The lowest BCUT2D eigenvalue weighted by Crippen LogP contribution is -2.47. The number of hydrogen-bond donors (Lipinski definition) is 0. The van der Waals surface area contributed by atoms with E-state index in [4.69, 9.17) is 4.74 Å². The molecule has 28 heavy (non-hydrogen) atoms. The molecule has 0 saturated carbocycles. The molecule has 0 radical (unpaired) electrons. The smallest absolute Gasteiger partial charge is 0.272 e. The molecular weight excluding hydrogens is 354 g/mol. The second-order valence-corrected chi connectivity index (χ2v) is 6.78. The third-order valence-electron chi connectivity index (χ3n) is 5.12. The number of methoxy groups -OCH3 is 1. The van der Waals surface area contributed by atoms with Crippen molar-refractivity contribution >= 4 is 17.4 Å². The lowest BCUT2D eigenvalue weighted by molar-refractivity contribution is 0.0766. The number of carbonyl (C=O) groups excluding carboxylic acids is 1. The third-order valence-corrected chi connectivity index (χ3v) is 5.12. The zero-order chi connectivity index (χ0) is 20.1. The highest BCUT2D eigenvalue weighted by atomic mass is 16.5. The molecule has 0 N–H and O–H groups in total. The van der Waals surface area contributed by atoms with Crippen molar-refractivity contribution in [2.75, 3.05) is 56.2 Å². The van der Waals surface area contributed by atoms with Crippen LogP contribution in [0.3, 0.4) is 0 Å². The predicted octanol–water partition coefficient (Wildman–Crippen LogP) is 2.60. The van der Waals surface area contributed by atoms with Gasteiger partial charge < -0.3 is 19.4 Å². The van der Waals surface area contributed by atoms with Crippen molar-refractivity contribution in [3.63, 3.8) is 0 Å². The molecule has 2 aromatic rings. The molecule has 1 aliphatic heterocycles. The van der Waals surface area contributed by atoms with Crippen molar-refractivity contribution in [1.29, 1.82) is 0 Å². The van der Waals surface area contributed by atoms with E-state index in [2.05, 4.69) is 25.8 Å². The second-order valence-electron chi connectivity index (χ2n) is 6.78. The topological polar surface area (TPSA) is 61.8 Å². The van der Waals surface area contributed by atoms with Crippen LogP contribution in [0.15, 0.2) is 30.3 Å². The Bertz CT molecular complexity index is 814. The van der Waals surface area contributed by atoms with Gasteiger partial charge in [-0.15, -0.1) is 0 Å². The molecule has 0 spiro atoms. The summed E-state index contributed by atoms with van der Waals surface area (Å²) < 4.78 is 5.49. The molecule has 0 unspecified atom stereocenters. The van der Waals surface area contributed by atoms with Crippen LogP contribution in [0.1, 0.15) is 30.2 Å². The first-order chi connectivity index (χ1) is 13.6. The first-order valence-corrected chi connectivity index (χ1v) is 9.85. The summed E-state index contributed by atoms with van der Waals surface area (Å²) in [6.45, 7) is 10.5. The Kier molecular flexibility index (Phi) is 6.34. The van der Waals surface area contributed by atoms with Gasteiger partial charge in [-0.1, -0.05) is 12.1 Å². The normalized spacial score (nSPS) is 14.1. The maximum absolute atomic E-state index is 12.7. The number of carbonyl (C=O) groups is 1. The molecule has 1 amide bonds. The quantitative estimate of drug-likeness (QED) is 0.764. The van der Waals surface area contributed by atoms with Crippen molar-refractivity contribution in [3.05, 3.63) is 41.9 Å². The molecule has 1 saturated heterocycles. The molecule has 150 valence electrons. The van der Waals surface area contributed by atoms with Gasteiger partial charge in [-0.2, -0.15) is 0 Å². The van der Waals surface area contributed by atoms with E-state index < -0.39 is 0 Å². The summed E-state index contributed by atoms with van der Waals surface area (Å²) in [5.41, 5.74) is 1.58. The average molecular weight is 383 g/mol. The fourth-order valence-electron chi connectivity index (χ4n) is 3.56. The second kappa shape index (κ2) is 8.91. The van der Waals surface area contributed by atoms with Crippen LogP contribution in [0.25, 0.3) is 0 Å². The number of anilines is 2. The number of aromatic nitrogens is 2. The molecule has 0 bridgehead atoms. The van der Waals surface area contributed by atoms with Crippen LogP contribution in [0, 0.1) is 6.92 Å². The van der Waals surface area contributed by atoms with Gasteiger partial charge in [0.15, 0.2) is 0 Å². The summed E-state index contributed by atoms with van der Waals surface area (Å²) in [7, 11) is 1.70. The van der Waals surface area contributed by atoms with Crippen LogP contribution >= 0.6 is 0 Å². The Hall–Kier alpha value is -2.83. The van der Waals surface area contributed by atoms with E-state index in [1.165, 1.54) is 0 Å². The summed E-state index contributed by atoms with van der Waals surface area (Å²) >= 11 is 0. The fraction of sp³-hybridized carbons (Fsp3) is 0.476. The molecule has 1 fully saturated rings. The fourth-order valence-corrected chi connectivity index (χ4v) is 3.56. The summed E-state index contributed by atoms with van der Waals surface area (Å²) in [5.74, 6) is 2.30. The third kappa shape index (κ3) is 4.18. The van der Waals surface area contributed by atoms with E-state index in [1.54, 1.807) is 12.0 Å². The van der Waals surface area contributed by atoms with Crippen LogP contribution in [0.4, 0.5) is 11.5 Å². The zero-order valence-corrected chi connectivity index (χ0v) is 17.2. The van der Waals surface area contributed by atoms with E-state index >= 15 is 0 Å². The summed E-state index contributed by atoms with van der Waals surface area (Å²) in [5, 5.41) is 0. The SMILES string of the molecule is CCN(CC)C(=O)c1cc(N2CCN(c3ccccc3OC)CC2)nc(C)n1. The first-order valence-electron chi connectivity index (χ1n) is 9.85. The van der Waals surface area contributed by atoms with Crippen molar-refractivity contribution in [2.45, 2.75) is 20.8 Å². The molecule has 0 aliphatic carbocycles. The molecule has 3 rings (SSSR count). The molecule has 7 heteroatoms. The Morgan fingerprint density at radius 3 is 2.36 bits per heavy atom. The van der Waals surface area contributed by atoms with E-state index in [0.29, 0.717) is 24.6 Å². The van der Waals surface area contributed by atoms with Crippen LogP contribution in [0.2, 0.25) is 0 Å². The number of rotatable bonds is 6. The Morgan fingerprint density at radius 2 is 1.71 bits per heavy atom. The molecule has 2 heterocycles. The Morgan fingerprint density at radius 1 is 1.07 bits per heavy atom. The Balaban J connectivity index is 1.75. The largest absolute Gasteiger partial charge is 0.495 e. The lowest BCUT2D eigenvalue weighted by atomic mass is 10.2. The number of hydrogen-bond acceptors (Lipinski definition) is 6. The molecular formula is C21H29N5O2. The highest BCUT2D eigenvalue weighted by molar-refractivity contribution is 5.93. The van der Waals surface area contributed by atoms with Gasteiger partial charge in [-0.05, 0) is 32.9 Å². The summed E-state index contributed by atoms with van der Waals surface area (Å²) in [4.78, 5) is 28.0. The molecule has 1 aromatic carbocycles. The van der Waals surface area contributed by atoms with Gasteiger partial charge in [0.25, 0.3) is 5.91 Å². The van der Waals surface area contributed by atoms with Crippen molar-refractivity contribution in [2.24, 2.45) is 0 Å². The lowest BCUT2D eigenvalue weighted by Gasteiger charge is -2.37. The van der Waals surface area contributed by atoms with Crippen molar-refractivity contribution in [3.8, 4) is 5.75 Å². The Labute approximate surface area is 166 Å². The maximum Gasteiger partial charge on any atom is 0.272 e. The van der Waals surface area contributed by atoms with Crippen LogP contribution < -0.4 is 14.5 Å². The van der Waals surface area contributed by atoms with Crippen LogP contribution in [-0.2, 0) is 0 Å². The molecule has 7 nitrogen and oxygen atoms in total. The minimum atomic E-state index is -0.0376. The minimum Gasteiger partial charge on any atom is -0.495 e. The maximum atomic E-state index is 12.7. The van der Waals surface area contributed by atoms with Gasteiger partial charge in [0.2, 0.25) is 0 Å². The van der Waals surface area contributed by atoms with E-state index in [0.717, 1.165) is 43.4 Å². The van der Waals surface area contributed by atoms with Crippen LogP contribution in [0.5, 0.6) is 5.75 Å². The predicted molar refractivity (Wildman–Crippen MR) is 111 cm³/mol. The van der Waals surface area contributed by atoms with E-state index in [1.807, 2.05) is 45.0 Å². The van der Waals surface area contributed by atoms with E-state index in [-0.39, 0.29) is 5.91 Å². The van der Waals surface area contributed by atoms with Crippen molar-refractivity contribution in [1.82, 2.24) is 14.9 Å². The summed E-state index contributed by atoms with van der Waals surface area (Å²) in [6, 6.07) is 9.91. The van der Waals surface area contributed by atoms with Gasteiger partial charge in [-0.25, -0.2) is 9.97 Å². The first kappa shape index (κ1) is 19.9. The van der Waals surface area contributed by atoms with Gasteiger partial charge in [0.1, 0.15) is 23.1 Å². The van der Waals surface area contributed by atoms with Crippen LogP contribution in [-0.4, -0.2) is 67.2 Å². The number of piperazine rings is 1. The zero-order valence-electron chi connectivity index (χ0n) is 17.2. The number of ether oxygens (including phenoxy) is 1.